The first-order chi connectivity index (χ1) is 12.1. The second-order valence-corrected chi connectivity index (χ2v) is 7.70. The highest BCUT2D eigenvalue weighted by molar-refractivity contribution is 6.64. The average Bonchev–Trinajstić information content (AvgIpc) is 2.82. The summed E-state index contributed by atoms with van der Waals surface area (Å²) in [6, 6.07) is 11.4. The fourth-order valence-electron chi connectivity index (χ4n) is 2.95. The molecule has 136 valence electrons. The highest BCUT2D eigenvalue weighted by Crippen LogP contribution is 2.36. The highest BCUT2D eigenvalue weighted by atomic mass is 19.1. The smallest absolute Gasteiger partial charge is 0.399 e. The van der Waals surface area contributed by atoms with Crippen LogP contribution < -0.4 is 5.46 Å². The van der Waals surface area contributed by atoms with Gasteiger partial charge in [0.2, 0.25) is 0 Å². The fourth-order valence-corrected chi connectivity index (χ4v) is 2.95. The molecule has 1 heterocycles. The van der Waals surface area contributed by atoms with Gasteiger partial charge in [-0.2, -0.15) is 0 Å². The second kappa shape index (κ2) is 6.64. The Morgan fingerprint density at radius 3 is 2.12 bits per heavy atom. The third kappa shape index (κ3) is 3.34. The summed E-state index contributed by atoms with van der Waals surface area (Å²) in [4.78, 5) is 13.1. The van der Waals surface area contributed by atoms with Crippen molar-refractivity contribution < 1.29 is 18.5 Å². The number of hydrogen-bond donors (Lipinski definition) is 0. The van der Waals surface area contributed by atoms with Crippen LogP contribution in [-0.4, -0.2) is 24.1 Å². The Bertz CT molecular complexity index is 812. The molecule has 0 aliphatic carbocycles. The van der Waals surface area contributed by atoms with Gasteiger partial charge < -0.3 is 9.31 Å². The van der Waals surface area contributed by atoms with E-state index in [9.17, 15) is 9.18 Å². The predicted molar refractivity (Wildman–Crippen MR) is 101 cm³/mol. The van der Waals surface area contributed by atoms with Gasteiger partial charge in [-0.3, -0.25) is 4.79 Å². The Hall–Kier alpha value is -1.98. The molecule has 1 aliphatic rings. The van der Waals surface area contributed by atoms with Crippen LogP contribution >= 0.6 is 0 Å². The summed E-state index contributed by atoms with van der Waals surface area (Å²) in [5.74, 6) is -0.528. The summed E-state index contributed by atoms with van der Waals surface area (Å²) in [6.07, 6.45) is 0.813. The molecule has 0 unspecified atom stereocenters. The average molecular weight is 354 g/mol. The summed E-state index contributed by atoms with van der Waals surface area (Å²) < 4.78 is 25.5. The quantitative estimate of drug-likeness (QED) is 0.617. The number of halogens is 1. The van der Waals surface area contributed by atoms with Crippen LogP contribution in [0.5, 0.6) is 0 Å². The molecule has 3 nitrogen and oxygen atoms in total. The van der Waals surface area contributed by atoms with Gasteiger partial charge in [-0.1, -0.05) is 19.1 Å². The van der Waals surface area contributed by atoms with Crippen LogP contribution in [0.3, 0.4) is 0 Å². The van der Waals surface area contributed by atoms with E-state index in [0.717, 1.165) is 12.0 Å². The van der Waals surface area contributed by atoms with Crippen molar-refractivity contribution in [3.8, 4) is 0 Å². The molecule has 3 rings (SSSR count). The number of carbonyl (C=O) groups excluding carboxylic acids is 1. The van der Waals surface area contributed by atoms with Crippen molar-refractivity contribution in [3.63, 3.8) is 0 Å². The molecule has 0 spiro atoms. The van der Waals surface area contributed by atoms with Gasteiger partial charge in [0.1, 0.15) is 5.82 Å². The number of carbonyl (C=O) groups is 1. The van der Waals surface area contributed by atoms with Crippen LogP contribution in [0.15, 0.2) is 42.5 Å². The molecule has 1 fully saturated rings. The van der Waals surface area contributed by atoms with E-state index in [0.29, 0.717) is 16.6 Å². The zero-order valence-electron chi connectivity index (χ0n) is 15.9. The molecule has 0 aromatic heterocycles. The molecular weight excluding hydrogens is 330 g/mol. The Labute approximate surface area is 154 Å². The maximum absolute atomic E-state index is 13.2. The molecule has 0 atom stereocenters. The number of ketones is 1. The van der Waals surface area contributed by atoms with E-state index in [-0.39, 0.29) is 11.6 Å². The maximum Gasteiger partial charge on any atom is 0.495 e. The van der Waals surface area contributed by atoms with Gasteiger partial charge in [-0.25, -0.2) is 4.39 Å². The molecule has 1 saturated heterocycles. The van der Waals surface area contributed by atoms with E-state index in [1.165, 1.54) is 24.3 Å². The first-order valence-corrected chi connectivity index (χ1v) is 8.93. The van der Waals surface area contributed by atoms with Gasteiger partial charge in [0.15, 0.2) is 5.78 Å². The molecule has 0 bridgehead atoms. The number of hydrogen-bond acceptors (Lipinski definition) is 3. The van der Waals surface area contributed by atoms with E-state index >= 15 is 0 Å². The highest BCUT2D eigenvalue weighted by Gasteiger charge is 2.52. The largest absolute Gasteiger partial charge is 0.495 e. The van der Waals surface area contributed by atoms with E-state index in [1.54, 1.807) is 0 Å². The van der Waals surface area contributed by atoms with Gasteiger partial charge in [0.25, 0.3) is 0 Å². The van der Waals surface area contributed by atoms with Crippen LogP contribution in [0, 0.1) is 5.82 Å². The Morgan fingerprint density at radius 2 is 1.58 bits per heavy atom. The fraction of sp³-hybridized carbons (Fsp3) is 0.381. The number of rotatable bonds is 4. The minimum Gasteiger partial charge on any atom is -0.399 e. The standard InChI is InChI=1S/C21H24BFO3/c1-6-14-7-12-18(22-25-20(2,3)21(4,5)26-22)17(13-14)19(24)15-8-10-16(23)11-9-15/h7-13H,6H2,1-5H3. The van der Waals surface area contributed by atoms with Crippen molar-refractivity contribution in [2.45, 2.75) is 52.2 Å². The lowest BCUT2D eigenvalue weighted by atomic mass is 9.74. The van der Waals surface area contributed by atoms with Crippen LogP contribution in [0.1, 0.15) is 56.1 Å². The first kappa shape index (κ1) is 18.8. The van der Waals surface area contributed by atoms with Crippen molar-refractivity contribution in [2.24, 2.45) is 0 Å². The molecule has 5 heteroatoms. The monoisotopic (exact) mass is 354 g/mol. The molecule has 1 aliphatic heterocycles. The lowest BCUT2D eigenvalue weighted by Crippen LogP contribution is -2.41. The summed E-state index contributed by atoms with van der Waals surface area (Å²) in [5.41, 5.74) is 1.76. The minimum absolute atomic E-state index is 0.162. The van der Waals surface area contributed by atoms with Gasteiger partial charge in [0, 0.05) is 11.1 Å². The molecule has 2 aromatic rings. The van der Waals surface area contributed by atoms with E-state index in [1.807, 2.05) is 52.8 Å². The topological polar surface area (TPSA) is 35.5 Å². The predicted octanol–water partition coefficient (Wildman–Crippen LogP) is 3.92. The zero-order valence-corrected chi connectivity index (χ0v) is 15.9. The van der Waals surface area contributed by atoms with Crippen LogP contribution in [0.25, 0.3) is 0 Å². The molecule has 2 aromatic carbocycles. The molecule has 0 N–H and O–H groups in total. The lowest BCUT2D eigenvalue weighted by molar-refractivity contribution is 0.00578. The van der Waals surface area contributed by atoms with Gasteiger partial charge in [-0.15, -0.1) is 0 Å². The van der Waals surface area contributed by atoms with E-state index in [2.05, 4.69) is 0 Å². The molecule has 26 heavy (non-hydrogen) atoms. The number of aryl methyl sites for hydroxylation is 1. The SMILES string of the molecule is CCc1ccc(B2OC(C)(C)C(C)(C)O2)c(C(=O)c2ccc(F)cc2)c1. The van der Waals surface area contributed by atoms with Gasteiger partial charge >= 0.3 is 7.12 Å². The third-order valence-electron chi connectivity index (χ3n) is 5.38. The van der Waals surface area contributed by atoms with Gasteiger partial charge in [0.05, 0.1) is 11.2 Å². The van der Waals surface area contributed by atoms with Crippen molar-refractivity contribution in [2.75, 3.05) is 0 Å². The van der Waals surface area contributed by atoms with Crippen molar-refractivity contribution in [1.29, 1.82) is 0 Å². The van der Waals surface area contributed by atoms with Crippen LogP contribution in [-0.2, 0) is 15.7 Å². The van der Waals surface area contributed by atoms with Crippen molar-refractivity contribution >= 4 is 18.4 Å². The minimum atomic E-state index is -0.620. The van der Waals surface area contributed by atoms with E-state index < -0.39 is 18.3 Å². The molecule has 0 saturated carbocycles. The number of benzene rings is 2. The lowest BCUT2D eigenvalue weighted by Gasteiger charge is -2.32. The van der Waals surface area contributed by atoms with E-state index in [4.69, 9.17) is 9.31 Å². The summed E-state index contributed by atoms with van der Waals surface area (Å²) in [5, 5.41) is 0. The van der Waals surface area contributed by atoms with Gasteiger partial charge in [-0.05, 0) is 75.5 Å². The third-order valence-corrected chi connectivity index (χ3v) is 5.38. The summed E-state index contributed by atoms with van der Waals surface area (Å²) >= 11 is 0. The summed E-state index contributed by atoms with van der Waals surface area (Å²) in [6.45, 7) is 9.96. The Kier molecular flexibility index (Phi) is 4.80. The summed E-state index contributed by atoms with van der Waals surface area (Å²) in [7, 11) is -0.620. The maximum atomic E-state index is 13.2. The Balaban J connectivity index is 2.04. The normalized spacial score (nSPS) is 18.2. The molecule has 0 radical (unpaired) electrons. The van der Waals surface area contributed by atoms with Crippen molar-refractivity contribution in [3.05, 3.63) is 65.0 Å². The zero-order chi connectivity index (χ0) is 19.1. The second-order valence-electron chi connectivity index (χ2n) is 7.70. The Morgan fingerprint density at radius 1 is 1.00 bits per heavy atom. The van der Waals surface area contributed by atoms with Crippen LogP contribution in [0.2, 0.25) is 0 Å². The van der Waals surface area contributed by atoms with Crippen molar-refractivity contribution in [1.82, 2.24) is 0 Å². The molecular formula is C21H24BFO3. The van der Waals surface area contributed by atoms with Crippen LogP contribution in [0.4, 0.5) is 4.39 Å². The molecule has 0 amide bonds. The first-order valence-electron chi connectivity index (χ1n) is 8.93.